The third kappa shape index (κ3) is 2.91. The molecule has 0 unspecified atom stereocenters. The van der Waals surface area contributed by atoms with Crippen LogP contribution in [-0.4, -0.2) is 24.5 Å². The van der Waals surface area contributed by atoms with E-state index < -0.39 is 0 Å². The largest absolute Gasteiger partial charge is 0.330 e. The molecular weight excluding hydrogens is 244 g/mol. The topological polar surface area (TPSA) is 29.3 Å². The summed E-state index contributed by atoms with van der Waals surface area (Å²) >= 11 is 0. The molecule has 2 nitrogen and oxygen atoms in total. The summed E-state index contributed by atoms with van der Waals surface area (Å²) < 4.78 is 0. The van der Waals surface area contributed by atoms with Crippen LogP contribution >= 0.6 is 0 Å². The van der Waals surface area contributed by atoms with E-state index in [1.165, 1.54) is 69.2 Å². The second-order valence-corrected chi connectivity index (χ2v) is 6.73. The van der Waals surface area contributed by atoms with Crippen LogP contribution in [0.3, 0.4) is 0 Å². The standard InChI is InChI=1S/C18H28N2/c19-15-18(10-2-3-11-18)17-8-6-16(7-9-17)14-20-12-4-1-5-13-20/h6-9H,1-5,10-15,19H2. The smallest absolute Gasteiger partial charge is 0.0233 e. The average Bonchev–Trinajstić information content (AvgIpc) is 2.99. The van der Waals surface area contributed by atoms with Crippen molar-refractivity contribution in [1.29, 1.82) is 0 Å². The van der Waals surface area contributed by atoms with Gasteiger partial charge in [0.05, 0.1) is 0 Å². The van der Waals surface area contributed by atoms with Gasteiger partial charge in [0.2, 0.25) is 0 Å². The highest BCUT2D eigenvalue weighted by Gasteiger charge is 2.33. The number of rotatable bonds is 4. The molecule has 1 aromatic carbocycles. The van der Waals surface area contributed by atoms with Crippen LogP contribution in [0.4, 0.5) is 0 Å². The van der Waals surface area contributed by atoms with Crippen molar-refractivity contribution in [2.75, 3.05) is 19.6 Å². The van der Waals surface area contributed by atoms with E-state index in [1.807, 2.05) is 0 Å². The second-order valence-electron chi connectivity index (χ2n) is 6.73. The number of hydrogen-bond acceptors (Lipinski definition) is 2. The van der Waals surface area contributed by atoms with Crippen molar-refractivity contribution in [3.8, 4) is 0 Å². The fraction of sp³-hybridized carbons (Fsp3) is 0.667. The van der Waals surface area contributed by atoms with E-state index in [4.69, 9.17) is 5.73 Å². The molecule has 2 heteroatoms. The minimum absolute atomic E-state index is 0.281. The van der Waals surface area contributed by atoms with Crippen LogP contribution in [0.25, 0.3) is 0 Å². The maximum atomic E-state index is 6.08. The Morgan fingerprint density at radius 3 is 2.15 bits per heavy atom. The fourth-order valence-corrected chi connectivity index (χ4v) is 4.00. The SMILES string of the molecule is NCC1(c2ccc(CN3CCCCC3)cc2)CCCC1. The number of nitrogens with two attached hydrogens (primary N) is 1. The predicted octanol–water partition coefficient (Wildman–Crippen LogP) is 3.44. The van der Waals surface area contributed by atoms with E-state index in [-0.39, 0.29) is 5.41 Å². The summed E-state index contributed by atoms with van der Waals surface area (Å²) in [6.07, 6.45) is 9.38. The highest BCUT2D eigenvalue weighted by atomic mass is 15.1. The Kier molecular flexibility index (Phi) is 4.42. The van der Waals surface area contributed by atoms with Gasteiger partial charge in [-0.05, 0) is 49.9 Å². The predicted molar refractivity (Wildman–Crippen MR) is 84.8 cm³/mol. The zero-order valence-electron chi connectivity index (χ0n) is 12.6. The highest BCUT2D eigenvalue weighted by Crippen LogP contribution is 2.40. The molecule has 0 radical (unpaired) electrons. The molecule has 2 N–H and O–H groups in total. The molecule has 0 aromatic heterocycles. The van der Waals surface area contributed by atoms with Gasteiger partial charge in [-0.25, -0.2) is 0 Å². The first kappa shape index (κ1) is 14.1. The lowest BCUT2D eigenvalue weighted by molar-refractivity contribution is 0.221. The number of likely N-dealkylation sites (tertiary alicyclic amines) is 1. The van der Waals surface area contributed by atoms with Gasteiger partial charge in [0.25, 0.3) is 0 Å². The van der Waals surface area contributed by atoms with Crippen molar-refractivity contribution in [2.24, 2.45) is 5.73 Å². The number of nitrogens with zero attached hydrogens (tertiary/aromatic N) is 1. The van der Waals surface area contributed by atoms with Crippen LogP contribution < -0.4 is 5.73 Å². The van der Waals surface area contributed by atoms with Crippen molar-refractivity contribution in [2.45, 2.75) is 56.9 Å². The Hall–Kier alpha value is -0.860. The zero-order valence-corrected chi connectivity index (χ0v) is 12.6. The van der Waals surface area contributed by atoms with Crippen LogP contribution in [0.15, 0.2) is 24.3 Å². The van der Waals surface area contributed by atoms with Gasteiger partial charge in [0.15, 0.2) is 0 Å². The Morgan fingerprint density at radius 1 is 0.900 bits per heavy atom. The number of benzene rings is 1. The molecule has 2 fully saturated rings. The van der Waals surface area contributed by atoms with E-state index in [0.29, 0.717) is 0 Å². The van der Waals surface area contributed by atoms with Gasteiger partial charge in [0.1, 0.15) is 0 Å². The molecule has 1 aliphatic heterocycles. The first-order valence-electron chi connectivity index (χ1n) is 8.34. The van der Waals surface area contributed by atoms with E-state index in [9.17, 15) is 0 Å². The first-order chi connectivity index (χ1) is 9.82. The first-order valence-corrected chi connectivity index (χ1v) is 8.34. The molecule has 110 valence electrons. The highest BCUT2D eigenvalue weighted by molar-refractivity contribution is 5.30. The second kappa shape index (κ2) is 6.28. The summed E-state index contributed by atoms with van der Waals surface area (Å²) in [5.74, 6) is 0. The van der Waals surface area contributed by atoms with Gasteiger partial charge in [-0.3, -0.25) is 4.90 Å². The monoisotopic (exact) mass is 272 g/mol. The molecule has 0 bridgehead atoms. The molecule has 1 saturated heterocycles. The summed E-state index contributed by atoms with van der Waals surface area (Å²) in [6.45, 7) is 4.47. The van der Waals surface area contributed by atoms with Crippen molar-refractivity contribution < 1.29 is 0 Å². The van der Waals surface area contributed by atoms with E-state index >= 15 is 0 Å². The Balaban J connectivity index is 1.67. The summed E-state index contributed by atoms with van der Waals surface area (Å²) in [6, 6.07) is 9.36. The summed E-state index contributed by atoms with van der Waals surface area (Å²) in [5.41, 5.74) is 9.29. The molecule has 0 amide bonds. The normalized spacial score (nSPS) is 23.1. The van der Waals surface area contributed by atoms with Gasteiger partial charge >= 0.3 is 0 Å². The van der Waals surface area contributed by atoms with E-state index in [1.54, 1.807) is 0 Å². The summed E-state index contributed by atoms with van der Waals surface area (Å²) in [4.78, 5) is 2.59. The van der Waals surface area contributed by atoms with E-state index in [0.717, 1.165) is 13.1 Å². The van der Waals surface area contributed by atoms with Crippen molar-refractivity contribution in [1.82, 2.24) is 4.90 Å². The average molecular weight is 272 g/mol. The molecular formula is C18H28N2. The third-order valence-corrected chi connectivity index (χ3v) is 5.37. The molecule has 2 aliphatic rings. The molecule has 1 aromatic rings. The molecule has 1 heterocycles. The molecule has 0 spiro atoms. The number of piperidine rings is 1. The summed E-state index contributed by atoms with van der Waals surface area (Å²) in [5, 5.41) is 0. The fourth-order valence-electron chi connectivity index (χ4n) is 4.00. The summed E-state index contributed by atoms with van der Waals surface area (Å²) in [7, 11) is 0. The van der Waals surface area contributed by atoms with Crippen molar-refractivity contribution in [3.63, 3.8) is 0 Å². The minimum atomic E-state index is 0.281. The maximum absolute atomic E-state index is 6.08. The molecule has 1 saturated carbocycles. The molecule has 1 aliphatic carbocycles. The van der Waals surface area contributed by atoms with Gasteiger partial charge in [-0.2, -0.15) is 0 Å². The Morgan fingerprint density at radius 2 is 1.55 bits per heavy atom. The lowest BCUT2D eigenvalue weighted by atomic mass is 9.79. The van der Waals surface area contributed by atoms with E-state index in [2.05, 4.69) is 29.2 Å². The van der Waals surface area contributed by atoms with Gasteiger partial charge in [0, 0.05) is 18.5 Å². The van der Waals surface area contributed by atoms with Crippen LogP contribution in [-0.2, 0) is 12.0 Å². The van der Waals surface area contributed by atoms with Crippen LogP contribution in [0.1, 0.15) is 56.1 Å². The quantitative estimate of drug-likeness (QED) is 0.909. The minimum Gasteiger partial charge on any atom is -0.330 e. The van der Waals surface area contributed by atoms with Gasteiger partial charge in [-0.1, -0.05) is 43.5 Å². The third-order valence-electron chi connectivity index (χ3n) is 5.37. The lowest BCUT2D eigenvalue weighted by Gasteiger charge is -2.29. The van der Waals surface area contributed by atoms with Gasteiger partial charge < -0.3 is 5.73 Å². The molecule has 0 atom stereocenters. The Labute approximate surface area is 123 Å². The molecule has 20 heavy (non-hydrogen) atoms. The van der Waals surface area contributed by atoms with Crippen LogP contribution in [0.5, 0.6) is 0 Å². The lowest BCUT2D eigenvalue weighted by Crippen LogP contribution is -2.32. The van der Waals surface area contributed by atoms with Crippen LogP contribution in [0.2, 0.25) is 0 Å². The number of hydrogen-bond donors (Lipinski definition) is 1. The zero-order chi connectivity index (χ0) is 13.8. The maximum Gasteiger partial charge on any atom is 0.0233 e. The van der Waals surface area contributed by atoms with Gasteiger partial charge in [-0.15, -0.1) is 0 Å². The molecule has 3 rings (SSSR count). The van der Waals surface area contributed by atoms with Crippen LogP contribution in [0, 0.1) is 0 Å². The van der Waals surface area contributed by atoms with Crippen molar-refractivity contribution in [3.05, 3.63) is 35.4 Å². The van der Waals surface area contributed by atoms with Crippen molar-refractivity contribution >= 4 is 0 Å². The Bertz CT molecular complexity index is 412.